The van der Waals surface area contributed by atoms with Crippen LogP contribution in [0.1, 0.15) is 16.7 Å². The van der Waals surface area contributed by atoms with Gasteiger partial charge in [0.2, 0.25) is 5.89 Å². The van der Waals surface area contributed by atoms with Crippen molar-refractivity contribution in [1.29, 1.82) is 0 Å². The van der Waals surface area contributed by atoms with Gasteiger partial charge in [-0.2, -0.15) is 0 Å². The molecule has 0 amide bonds. The monoisotopic (exact) mass is 402 g/mol. The second-order valence-corrected chi connectivity index (χ2v) is 6.85. The molecule has 0 saturated heterocycles. The Labute approximate surface area is 167 Å². The average Bonchev–Trinajstić information content (AvgIpc) is 3.02. The smallest absolute Gasteiger partial charge is 0.227 e. The molecular weight excluding hydrogens is 386 g/mol. The van der Waals surface area contributed by atoms with Gasteiger partial charge in [-0.3, -0.25) is 0 Å². The van der Waals surface area contributed by atoms with Crippen LogP contribution in [0.5, 0.6) is 0 Å². The molecule has 0 aliphatic heterocycles. The van der Waals surface area contributed by atoms with Crippen LogP contribution in [-0.2, 0) is 6.54 Å². The van der Waals surface area contributed by atoms with Gasteiger partial charge < -0.3 is 16.8 Å². The molecule has 0 spiro atoms. The number of halogens is 3. The third-order valence-electron chi connectivity index (χ3n) is 4.33. The molecule has 2 aromatic heterocycles. The Balaban J connectivity index is 0.00000210. The highest BCUT2D eigenvalue weighted by atomic mass is 35.5. The number of rotatable bonds is 3. The van der Waals surface area contributed by atoms with Gasteiger partial charge in [-0.05, 0) is 49.2 Å². The minimum absolute atomic E-state index is 0. The SMILES string of the molecule is Cc1cc(C)c2oc(-c3cc[n+](Cc4ccc(F)cc4Cl)cc3)nc2c1.[Cl-]. The maximum absolute atomic E-state index is 13.2. The summed E-state index contributed by atoms with van der Waals surface area (Å²) in [6, 6.07) is 12.4. The lowest BCUT2D eigenvalue weighted by Crippen LogP contribution is -3.00. The summed E-state index contributed by atoms with van der Waals surface area (Å²) >= 11 is 6.10. The van der Waals surface area contributed by atoms with Crippen LogP contribution >= 0.6 is 11.6 Å². The Morgan fingerprint density at radius 1 is 1.07 bits per heavy atom. The lowest BCUT2D eigenvalue weighted by atomic mass is 10.1. The van der Waals surface area contributed by atoms with E-state index in [4.69, 9.17) is 16.0 Å². The summed E-state index contributed by atoms with van der Waals surface area (Å²) in [4.78, 5) is 4.60. The van der Waals surface area contributed by atoms with Crippen LogP contribution in [0, 0.1) is 19.7 Å². The number of hydrogen-bond acceptors (Lipinski definition) is 2. The van der Waals surface area contributed by atoms with E-state index in [0.29, 0.717) is 17.5 Å². The molecule has 3 nitrogen and oxygen atoms in total. The lowest BCUT2D eigenvalue weighted by molar-refractivity contribution is -0.688. The van der Waals surface area contributed by atoms with Crippen molar-refractivity contribution < 1.29 is 25.8 Å². The fourth-order valence-electron chi connectivity index (χ4n) is 3.05. The highest BCUT2D eigenvalue weighted by molar-refractivity contribution is 6.31. The van der Waals surface area contributed by atoms with Gasteiger partial charge >= 0.3 is 0 Å². The highest BCUT2D eigenvalue weighted by Gasteiger charge is 2.13. The number of pyridine rings is 1. The molecule has 0 aliphatic carbocycles. The summed E-state index contributed by atoms with van der Waals surface area (Å²) in [5.74, 6) is 0.265. The number of aryl methyl sites for hydroxylation is 2. The normalized spacial score (nSPS) is 10.8. The van der Waals surface area contributed by atoms with Crippen LogP contribution in [0.3, 0.4) is 0 Å². The zero-order valence-corrected chi connectivity index (χ0v) is 16.4. The summed E-state index contributed by atoms with van der Waals surface area (Å²) in [5.41, 5.74) is 5.69. The van der Waals surface area contributed by atoms with E-state index in [1.165, 1.54) is 12.1 Å². The van der Waals surface area contributed by atoms with E-state index in [9.17, 15) is 4.39 Å². The van der Waals surface area contributed by atoms with Crippen molar-refractivity contribution in [2.45, 2.75) is 20.4 Å². The molecule has 2 aromatic carbocycles. The predicted molar refractivity (Wildman–Crippen MR) is 99.6 cm³/mol. The summed E-state index contributed by atoms with van der Waals surface area (Å²) in [6.45, 7) is 4.63. The first-order chi connectivity index (χ1) is 12.5. The molecule has 4 aromatic rings. The molecule has 0 unspecified atom stereocenters. The Bertz CT molecular complexity index is 1110. The van der Waals surface area contributed by atoms with E-state index in [0.717, 1.165) is 33.4 Å². The van der Waals surface area contributed by atoms with Crippen molar-refractivity contribution in [2.75, 3.05) is 0 Å². The van der Waals surface area contributed by atoms with E-state index in [-0.39, 0.29) is 18.2 Å². The molecule has 0 fully saturated rings. The van der Waals surface area contributed by atoms with Crippen molar-refractivity contribution in [3.63, 3.8) is 0 Å². The maximum atomic E-state index is 13.2. The Morgan fingerprint density at radius 3 is 2.52 bits per heavy atom. The quantitative estimate of drug-likeness (QED) is 0.492. The Kier molecular flexibility index (Phi) is 5.49. The highest BCUT2D eigenvalue weighted by Crippen LogP contribution is 2.27. The fourth-order valence-corrected chi connectivity index (χ4v) is 3.28. The first-order valence-electron chi connectivity index (χ1n) is 8.31. The molecule has 138 valence electrons. The second kappa shape index (κ2) is 7.67. The molecule has 27 heavy (non-hydrogen) atoms. The van der Waals surface area contributed by atoms with Crippen molar-refractivity contribution in [2.24, 2.45) is 0 Å². The van der Waals surface area contributed by atoms with Crippen LogP contribution in [0.15, 0.2) is 59.3 Å². The van der Waals surface area contributed by atoms with Crippen LogP contribution in [0.25, 0.3) is 22.6 Å². The molecule has 2 heterocycles. The largest absolute Gasteiger partial charge is 1.00 e. The minimum atomic E-state index is -0.333. The van der Waals surface area contributed by atoms with E-state index in [1.54, 1.807) is 6.07 Å². The van der Waals surface area contributed by atoms with Crippen molar-refractivity contribution in [3.05, 3.63) is 82.4 Å². The molecule has 6 heteroatoms. The molecule has 0 saturated carbocycles. The number of hydrogen-bond donors (Lipinski definition) is 0. The van der Waals surface area contributed by atoms with Gasteiger partial charge in [-0.15, -0.1) is 0 Å². The van der Waals surface area contributed by atoms with Gasteiger partial charge in [-0.25, -0.2) is 13.9 Å². The van der Waals surface area contributed by atoms with Crippen LogP contribution in [0.2, 0.25) is 5.02 Å². The van der Waals surface area contributed by atoms with Crippen molar-refractivity contribution in [3.8, 4) is 11.5 Å². The molecule has 0 atom stereocenters. The fraction of sp³-hybridized carbons (Fsp3) is 0.143. The van der Waals surface area contributed by atoms with Gasteiger partial charge in [0.25, 0.3) is 0 Å². The average molecular weight is 403 g/mol. The molecular formula is C21H17Cl2FN2O. The number of fused-ring (bicyclic) bond motifs is 1. The third kappa shape index (κ3) is 3.97. The zero-order valence-electron chi connectivity index (χ0n) is 14.8. The predicted octanol–water partition coefficient (Wildman–Crippen LogP) is 2.24. The van der Waals surface area contributed by atoms with Crippen LogP contribution in [-0.4, -0.2) is 4.98 Å². The molecule has 0 N–H and O–H groups in total. The van der Waals surface area contributed by atoms with Crippen LogP contribution < -0.4 is 17.0 Å². The molecule has 0 radical (unpaired) electrons. The lowest BCUT2D eigenvalue weighted by Gasteiger charge is -2.01. The molecule has 0 bridgehead atoms. The first kappa shape index (κ1) is 19.3. The first-order valence-corrected chi connectivity index (χ1v) is 8.68. The number of nitrogens with zero attached hydrogens (tertiary/aromatic N) is 2. The van der Waals surface area contributed by atoms with Crippen molar-refractivity contribution >= 4 is 22.7 Å². The summed E-state index contributed by atoms with van der Waals surface area (Å²) in [7, 11) is 0. The topological polar surface area (TPSA) is 29.9 Å². The van der Waals surface area contributed by atoms with Gasteiger partial charge in [0, 0.05) is 23.3 Å². The number of oxazole rings is 1. The van der Waals surface area contributed by atoms with E-state index < -0.39 is 0 Å². The number of aromatic nitrogens is 2. The Hall–Kier alpha value is -2.43. The number of benzene rings is 2. The van der Waals surface area contributed by atoms with Gasteiger partial charge in [0.1, 0.15) is 11.3 Å². The van der Waals surface area contributed by atoms with Crippen molar-refractivity contribution in [1.82, 2.24) is 4.98 Å². The van der Waals surface area contributed by atoms with Gasteiger partial charge in [0.05, 0.1) is 5.02 Å². The van der Waals surface area contributed by atoms with E-state index in [2.05, 4.69) is 11.1 Å². The maximum Gasteiger partial charge on any atom is 0.227 e. The zero-order chi connectivity index (χ0) is 18.3. The molecule has 4 rings (SSSR count). The van der Waals surface area contributed by atoms with Gasteiger partial charge in [-0.1, -0.05) is 17.7 Å². The third-order valence-corrected chi connectivity index (χ3v) is 4.68. The second-order valence-electron chi connectivity index (χ2n) is 6.44. The summed E-state index contributed by atoms with van der Waals surface area (Å²) < 4.78 is 21.1. The standard InChI is InChI=1S/C21H17ClFN2O.ClH/c1-13-9-14(2)20-19(10-13)24-21(26-20)15-5-7-25(8-6-15)12-16-3-4-17(23)11-18(16)22;/h3-11H,12H2,1-2H3;1H/q+1;/p-1. The van der Waals surface area contributed by atoms with E-state index >= 15 is 0 Å². The van der Waals surface area contributed by atoms with Gasteiger partial charge in [0.15, 0.2) is 24.5 Å². The summed E-state index contributed by atoms with van der Waals surface area (Å²) in [6.07, 6.45) is 3.87. The van der Waals surface area contributed by atoms with Crippen LogP contribution in [0.4, 0.5) is 4.39 Å². The Morgan fingerprint density at radius 2 is 1.81 bits per heavy atom. The minimum Gasteiger partial charge on any atom is -1.00 e. The van der Waals surface area contributed by atoms with E-state index in [1.807, 2.05) is 49.0 Å². The molecule has 0 aliphatic rings. The summed E-state index contributed by atoms with van der Waals surface area (Å²) in [5, 5.41) is 0.423.